The maximum Gasteiger partial charge on any atom is 0.255 e. The molecular formula is C34H28Cl2N4O4. The fourth-order valence-electron chi connectivity index (χ4n) is 4.49. The SMILES string of the molecule is Cc1ccc2cccc(OCc3c(Cl)ccc(N(C)C(=O)CNC(=O)/C=C/c4ccc(-n5ccccc5=O)cc4)c3Cl)c2n1. The Morgan fingerprint density at radius 3 is 2.55 bits per heavy atom. The fourth-order valence-corrected chi connectivity index (χ4v) is 5.10. The number of nitrogens with one attached hydrogen (secondary N) is 1. The number of hydrogen-bond acceptors (Lipinski definition) is 5. The maximum atomic E-state index is 13.0. The molecule has 2 amide bonds. The highest BCUT2D eigenvalue weighted by atomic mass is 35.5. The summed E-state index contributed by atoms with van der Waals surface area (Å²) in [4.78, 5) is 43.4. The second-order valence-corrected chi connectivity index (χ2v) is 10.7. The molecule has 2 heterocycles. The average Bonchev–Trinajstić information content (AvgIpc) is 3.03. The van der Waals surface area contributed by atoms with Gasteiger partial charge in [-0.15, -0.1) is 0 Å². The van der Waals surface area contributed by atoms with Crippen LogP contribution in [-0.4, -0.2) is 35.0 Å². The topological polar surface area (TPSA) is 93.5 Å². The molecule has 0 saturated carbocycles. The third-order valence-electron chi connectivity index (χ3n) is 6.93. The Balaban J connectivity index is 1.20. The van der Waals surface area contributed by atoms with E-state index in [1.54, 1.807) is 67.9 Å². The van der Waals surface area contributed by atoms with Crippen molar-refractivity contribution in [2.75, 3.05) is 18.5 Å². The van der Waals surface area contributed by atoms with Gasteiger partial charge < -0.3 is 15.0 Å². The minimum Gasteiger partial charge on any atom is -0.487 e. The number of carbonyl (C=O) groups excluding carboxylic acids is 2. The summed E-state index contributed by atoms with van der Waals surface area (Å²) in [5.74, 6) is -0.230. The molecule has 5 rings (SSSR count). The predicted octanol–water partition coefficient (Wildman–Crippen LogP) is 6.37. The Hall–Kier alpha value is -4.92. The van der Waals surface area contributed by atoms with Crippen LogP contribution in [0.3, 0.4) is 0 Å². The van der Waals surface area contributed by atoms with Gasteiger partial charge in [0.1, 0.15) is 17.9 Å². The highest BCUT2D eigenvalue weighted by Gasteiger charge is 2.19. The first-order valence-corrected chi connectivity index (χ1v) is 14.4. The number of amides is 2. The number of halogens is 2. The molecule has 3 aromatic carbocycles. The van der Waals surface area contributed by atoms with Crippen molar-refractivity contribution in [3.05, 3.63) is 134 Å². The smallest absolute Gasteiger partial charge is 0.255 e. The third-order valence-corrected chi connectivity index (χ3v) is 7.71. The minimum absolute atomic E-state index is 0.0624. The first-order valence-electron chi connectivity index (χ1n) is 13.7. The van der Waals surface area contributed by atoms with Crippen LogP contribution < -0.4 is 20.5 Å². The first kappa shape index (κ1) is 30.5. The van der Waals surface area contributed by atoms with Crippen LogP contribution in [0.4, 0.5) is 5.69 Å². The fraction of sp³-hybridized carbons (Fsp3) is 0.118. The van der Waals surface area contributed by atoms with Crippen LogP contribution in [0.25, 0.3) is 22.7 Å². The van der Waals surface area contributed by atoms with E-state index < -0.39 is 5.91 Å². The number of carbonyl (C=O) groups is 2. The van der Waals surface area contributed by atoms with Crippen molar-refractivity contribution in [3.63, 3.8) is 0 Å². The van der Waals surface area contributed by atoms with Crippen molar-refractivity contribution in [1.82, 2.24) is 14.9 Å². The summed E-state index contributed by atoms with van der Waals surface area (Å²) in [6, 6.07) is 25.0. The highest BCUT2D eigenvalue weighted by Crippen LogP contribution is 2.35. The number of rotatable bonds is 9. The molecule has 0 fully saturated rings. The van der Waals surface area contributed by atoms with Gasteiger partial charge in [0, 0.05) is 52.7 Å². The standard InChI is InChI=1S/C34H28Cl2N4O4/c1-22-9-13-24-6-5-7-29(34(24)38-22)44-21-26-27(35)16-17-28(33(26)36)39(2)32(43)20-37-30(41)18-12-23-10-14-25(15-11-23)40-19-4-3-8-31(40)42/h3-19H,20-21H2,1-2H3,(H,37,41)/b18-12+. The zero-order chi connectivity index (χ0) is 31.2. The normalized spacial score (nSPS) is 11.1. The molecule has 0 unspecified atom stereocenters. The third kappa shape index (κ3) is 6.99. The first-order chi connectivity index (χ1) is 21.2. The van der Waals surface area contributed by atoms with E-state index in [0.717, 1.165) is 22.2 Å². The van der Waals surface area contributed by atoms with Crippen molar-refractivity contribution >= 4 is 57.7 Å². The van der Waals surface area contributed by atoms with Crippen molar-refractivity contribution in [3.8, 4) is 11.4 Å². The lowest BCUT2D eigenvalue weighted by Crippen LogP contribution is -2.37. The van der Waals surface area contributed by atoms with E-state index >= 15 is 0 Å². The zero-order valence-electron chi connectivity index (χ0n) is 24.0. The number of pyridine rings is 2. The Bertz CT molecular complexity index is 1940. The number of aromatic nitrogens is 2. The lowest BCUT2D eigenvalue weighted by atomic mass is 10.1. The number of para-hydroxylation sites is 1. The van der Waals surface area contributed by atoms with Gasteiger partial charge in [0.15, 0.2) is 0 Å². The summed E-state index contributed by atoms with van der Waals surface area (Å²) in [5.41, 5.74) is 3.87. The van der Waals surface area contributed by atoms with Gasteiger partial charge in [-0.3, -0.25) is 19.0 Å². The van der Waals surface area contributed by atoms with Crippen LogP contribution in [0, 0.1) is 6.92 Å². The zero-order valence-corrected chi connectivity index (χ0v) is 25.5. The van der Waals surface area contributed by atoms with E-state index in [4.69, 9.17) is 27.9 Å². The van der Waals surface area contributed by atoms with Crippen molar-refractivity contribution in [2.24, 2.45) is 0 Å². The molecule has 0 aliphatic heterocycles. The quantitative estimate of drug-likeness (QED) is 0.192. The second kappa shape index (κ2) is 13.6. The van der Waals surface area contributed by atoms with Crippen molar-refractivity contribution in [1.29, 1.82) is 0 Å². The van der Waals surface area contributed by atoms with Crippen LogP contribution in [0.2, 0.25) is 10.0 Å². The van der Waals surface area contributed by atoms with E-state index in [2.05, 4.69) is 10.3 Å². The molecule has 8 nitrogen and oxygen atoms in total. The molecule has 0 aliphatic carbocycles. The van der Waals surface area contributed by atoms with E-state index in [-0.39, 0.29) is 29.6 Å². The number of hydrogen-bond donors (Lipinski definition) is 1. The number of ether oxygens (including phenoxy) is 1. The van der Waals surface area contributed by atoms with Crippen LogP contribution in [-0.2, 0) is 16.2 Å². The molecular weight excluding hydrogens is 599 g/mol. The predicted molar refractivity (Wildman–Crippen MR) is 175 cm³/mol. The Labute approximate surface area is 264 Å². The molecule has 222 valence electrons. The molecule has 1 N–H and O–H groups in total. The van der Waals surface area contributed by atoms with E-state index in [1.165, 1.54) is 21.6 Å². The lowest BCUT2D eigenvalue weighted by Gasteiger charge is -2.21. The van der Waals surface area contributed by atoms with Gasteiger partial charge in [0.25, 0.3) is 5.56 Å². The summed E-state index contributed by atoms with van der Waals surface area (Å²) in [7, 11) is 1.57. The number of fused-ring (bicyclic) bond motifs is 1. The number of benzene rings is 3. The van der Waals surface area contributed by atoms with Crippen molar-refractivity contribution < 1.29 is 14.3 Å². The molecule has 44 heavy (non-hydrogen) atoms. The largest absolute Gasteiger partial charge is 0.487 e. The number of likely N-dealkylation sites (N-methyl/N-ethyl adjacent to an activating group) is 1. The summed E-state index contributed by atoms with van der Waals surface area (Å²) in [6.07, 6.45) is 4.65. The Morgan fingerprint density at radius 2 is 1.77 bits per heavy atom. The summed E-state index contributed by atoms with van der Waals surface area (Å²) >= 11 is 13.2. The molecule has 0 spiro atoms. The molecule has 0 bridgehead atoms. The molecule has 10 heteroatoms. The van der Waals surface area contributed by atoms with Gasteiger partial charge in [0.2, 0.25) is 11.8 Å². The average molecular weight is 628 g/mol. The van der Waals surface area contributed by atoms with Gasteiger partial charge in [0.05, 0.1) is 17.3 Å². The molecule has 0 radical (unpaired) electrons. The second-order valence-electron chi connectivity index (χ2n) is 9.93. The molecule has 0 saturated heterocycles. The van der Waals surface area contributed by atoms with E-state index in [1.807, 2.05) is 37.3 Å². The van der Waals surface area contributed by atoms with Gasteiger partial charge in [-0.05, 0) is 61.0 Å². The van der Waals surface area contributed by atoms with Crippen LogP contribution in [0.15, 0.2) is 102 Å². The maximum absolute atomic E-state index is 13.0. The summed E-state index contributed by atoms with van der Waals surface area (Å²) in [5, 5.41) is 4.21. The highest BCUT2D eigenvalue weighted by molar-refractivity contribution is 6.38. The Kier molecular flexibility index (Phi) is 9.43. The van der Waals surface area contributed by atoms with Crippen LogP contribution in [0.5, 0.6) is 5.75 Å². The van der Waals surface area contributed by atoms with E-state index in [9.17, 15) is 14.4 Å². The van der Waals surface area contributed by atoms with Gasteiger partial charge in [-0.1, -0.05) is 59.6 Å². The minimum atomic E-state index is -0.440. The van der Waals surface area contributed by atoms with Gasteiger partial charge in [-0.2, -0.15) is 0 Å². The monoisotopic (exact) mass is 626 g/mol. The molecule has 0 aliphatic rings. The lowest BCUT2D eigenvalue weighted by molar-refractivity contribution is -0.122. The molecule has 5 aromatic rings. The summed E-state index contributed by atoms with van der Waals surface area (Å²) in [6.45, 7) is 1.73. The molecule has 2 aromatic heterocycles. The Morgan fingerprint density at radius 1 is 0.977 bits per heavy atom. The number of anilines is 1. The van der Waals surface area contributed by atoms with Gasteiger partial charge >= 0.3 is 0 Å². The number of aryl methyl sites for hydroxylation is 1. The van der Waals surface area contributed by atoms with Crippen LogP contribution in [0.1, 0.15) is 16.8 Å². The van der Waals surface area contributed by atoms with E-state index in [0.29, 0.717) is 27.7 Å². The summed E-state index contributed by atoms with van der Waals surface area (Å²) < 4.78 is 7.60. The van der Waals surface area contributed by atoms with Gasteiger partial charge in [-0.25, -0.2) is 4.98 Å². The molecule has 0 atom stereocenters. The van der Waals surface area contributed by atoms with Crippen LogP contribution >= 0.6 is 23.2 Å². The number of nitrogens with zero attached hydrogens (tertiary/aromatic N) is 3. The van der Waals surface area contributed by atoms with Crippen molar-refractivity contribution in [2.45, 2.75) is 13.5 Å².